The number of amides is 2. The van der Waals surface area contributed by atoms with E-state index in [1.165, 1.54) is 0 Å². The van der Waals surface area contributed by atoms with Gasteiger partial charge < -0.3 is 9.90 Å². The maximum atomic E-state index is 12.4. The molecule has 2 aliphatic rings. The van der Waals surface area contributed by atoms with Gasteiger partial charge in [0.2, 0.25) is 0 Å². The second-order valence-corrected chi connectivity index (χ2v) is 5.60. The van der Waals surface area contributed by atoms with E-state index in [1.807, 2.05) is 4.68 Å². The third kappa shape index (κ3) is 2.32. The number of aromatic nitrogens is 2. The number of aldehydes is 1. The molecule has 0 radical (unpaired) electrons. The number of hydrogen-bond acceptors (Lipinski definition) is 4. The van der Waals surface area contributed by atoms with Crippen molar-refractivity contribution in [1.29, 1.82) is 0 Å². The molecule has 0 aliphatic carbocycles. The first-order valence-corrected chi connectivity index (χ1v) is 7.18. The van der Waals surface area contributed by atoms with Crippen LogP contribution in [0.15, 0.2) is 0 Å². The molecule has 21 heavy (non-hydrogen) atoms. The third-order valence-electron chi connectivity index (χ3n) is 4.29. The lowest BCUT2D eigenvalue weighted by Crippen LogP contribution is -2.41. The first-order valence-electron chi connectivity index (χ1n) is 7.18. The molecule has 2 aliphatic heterocycles. The van der Waals surface area contributed by atoms with Gasteiger partial charge in [-0.1, -0.05) is 0 Å². The normalized spacial score (nSPS) is 21.4. The van der Waals surface area contributed by atoms with E-state index in [1.54, 1.807) is 0 Å². The molecule has 1 aromatic rings. The first-order chi connectivity index (χ1) is 10.1. The van der Waals surface area contributed by atoms with Gasteiger partial charge >= 0.3 is 6.09 Å². The van der Waals surface area contributed by atoms with E-state index >= 15 is 0 Å². The van der Waals surface area contributed by atoms with Gasteiger partial charge in [-0.25, -0.2) is 9.69 Å². The number of fused-ring (bicyclic) bond motifs is 3. The van der Waals surface area contributed by atoms with Crippen LogP contribution in [0.2, 0.25) is 0 Å². The monoisotopic (exact) mass is 291 g/mol. The van der Waals surface area contributed by atoms with Gasteiger partial charge in [-0.3, -0.25) is 9.48 Å². The second kappa shape index (κ2) is 5.31. The van der Waals surface area contributed by atoms with E-state index in [0.29, 0.717) is 30.5 Å². The molecule has 112 valence electrons. The topological polar surface area (TPSA) is 92.5 Å². The Morgan fingerprint density at radius 3 is 2.95 bits per heavy atom. The summed E-state index contributed by atoms with van der Waals surface area (Å²) in [4.78, 5) is 35.1. The van der Waals surface area contributed by atoms with Gasteiger partial charge in [-0.05, 0) is 25.2 Å². The van der Waals surface area contributed by atoms with Crippen LogP contribution in [-0.4, -0.2) is 44.6 Å². The van der Waals surface area contributed by atoms with Crippen molar-refractivity contribution in [3.05, 3.63) is 17.0 Å². The van der Waals surface area contributed by atoms with Crippen LogP contribution in [0.3, 0.4) is 0 Å². The predicted molar refractivity (Wildman–Crippen MR) is 72.1 cm³/mol. The standard InChI is InChI=1S/C14H17N3O4/c18-7-4-9-2-1-5-17-11(8-9)12-10(15-17)3-6-16(13(12)19)14(20)21/h7,9H,1-6,8H2,(H,20,21). The van der Waals surface area contributed by atoms with Crippen LogP contribution in [0.5, 0.6) is 0 Å². The van der Waals surface area contributed by atoms with E-state index in [-0.39, 0.29) is 12.5 Å². The van der Waals surface area contributed by atoms with E-state index in [4.69, 9.17) is 5.11 Å². The third-order valence-corrected chi connectivity index (χ3v) is 4.29. The Bertz CT molecular complexity index is 608. The fourth-order valence-corrected chi connectivity index (χ4v) is 3.25. The maximum Gasteiger partial charge on any atom is 0.414 e. The zero-order chi connectivity index (χ0) is 15.0. The summed E-state index contributed by atoms with van der Waals surface area (Å²) in [7, 11) is 0. The SMILES string of the molecule is O=CCC1CCCn2nc3c(c2C1)C(=O)N(C(=O)O)CC3. The summed E-state index contributed by atoms with van der Waals surface area (Å²) in [5.74, 6) is -0.269. The Hall–Kier alpha value is -2.18. The van der Waals surface area contributed by atoms with Crippen molar-refractivity contribution in [3.63, 3.8) is 0 Å². The molecule has 3 rings (SSSR count). The van der Waals surface area contributed by atoms with Crippen LogP contribution in [-0.2, 0) is 24.2 Å². The highest BCUT2D eigenvalue weighted by Crippen LogP contribution is 2.29. The van der Waals surface area contributed by atoms with Gasteiger partial charge in [0.15, 0.2) is 0 Å². The second-order valence-electron chi connectivity index (χ2n) is 5.60. The average Bonchev–Trinajstić information content (AvgIpc) is 2.66. The molecule has 3 heterocycles. The molecular formula is C14H17N3O4. The minimum Gasteiger partial charge on any atom is -0.465 e. The van der Waals surface area contributed by atoms with Gasteiger partial charge in [0, 0.05) is 25.9 Å². The van der Waals surface area contributed by atoms with Crippen LogP contribution >= 0.6 is 0 Å². The van der Waals surface area contributed by atoms with Crippen molar-refractivity contribution in [2.45, 2.75) is 38.6 Å². The number of rotatable bonds is 2. The molecule has 0 fully saturated rings. The molecule has 7 nitrogen and oxygen atoms in total. The summed E-state index contributed by atoms with van der Waals surface area (Å²) in [6, 6.07) is 0. The molecule has 0 aromatic carbocycles. The highest BCUT2D eigenvalue weighted by atomic mass is 16.4. The van der Waals surface area contributed by atoms with E-state index in [2.05, 4.69) is 5.10 Å². The molecule has 1 unspecified atom stereocenters. The number of carbonyl (C=O) groups excluding carboxylic acids is 2. The first kappa shape index (κ1) is 13.8. The zero-order valence-electron chi connectivity index (χ0n) is 11.6. The Morgan fingerprint density at radius 2 is 2.24 bits per heavy atom. The van der Waals surface area contributed by atoms with Crippen molar-refractivity contribution in [3.8, 4) is 0 Å². The molecule has 0 spiro atoms. The van der Waals surface area contributed by atoms with Crippen LogP contribution in [0.4, 0.5) is 4.79 Å². The summed E-state index contributed by atoms with van der Waals surface area (Å²) in [5.41, 5.74) is 1.94. The molecule has 7 heteroatoms. The van der Waals surface area contributed by atoms with Crippen molar-refractivity contribution < 1.29 is 19.5 Å². The molecule has 2 amide bonds. The minimum absolute atomic E-state index is 0.162. The average molecular weight is 291 g/mol. The number of aryl methyl sites for hydroxylation is 1. The summed E-state index contributed by atoms with van der Waals surface area (Å²) < 4.78 is 1.83. The van der Waals surface area contributed by atoms with Crippen molar-refractivity contribution in [1.82, 2.24) is 14.7 Å². The number of imide groups is 1. The van der Waals surface area contributed by atoms with E-state index in [9.17, 15) is 14.4 Å². The van der Waals surface area contributed by atoms with Crippen molar-refractivity contribution in [2.75, 3.05) is 6.54 Å². The quantitative estimate of drug-likeness (QED) is 0.824. The summed E-state index contributed by atoms with van der Waals surface area (Å²) in [6.45, 7) is 0.882. The van der Waals surface area contributed by atoms with Crippen LogP contribution < -0.4 is 0 Å². The lowest BCUT2D eigenvalue weighted by molar-refractivity contribution is -0.108. The zero-order valence-corrected chi connectivity index (χ0v) is 11.6. The molecule has 1 aromatic heterocycles. The van der Waals surface area contributed by atoms with E-state index in [0.717, 1.165) is 36.3 Å². The number of nitrogens with zero attached hydrogens (tertiary/aromatic N) is 3. The largest absolute Gasteiger partial charge is 0.465 e. The van der Waals surface area contributed by atoms with Gasteiger partial charge in [-0.2, -0.15) is 5.10 Å². The predicted octanol–water partition coefficient (Wildman–Crippen LogP) is 1.10. The Labute approximate surface area is 121 Å². The number of hydrogen-bond donors (Lipinski definition) is 1. The fraction of sp³-hybridized carbons (Fsp3) is 0.571. The van der Waals surface area contributed by atoms with Gasteiger partial charge in [0.25, 0.3) is 5.91 Å². The Morgan fingerprint density at radius 1 is 1.43 bits per heavy atom. The molecule has 0 saturated heterocycles. The van der Waals surface area contributed by atoms with Gasteiger partial charge in [0.05, 0.1) is 17.0 Å². The highest BCUT2D eigenvalue weighted by Gasteiger charge is 2.35. The molecule has 0 bridgehead atoms. The lowest BCUT2D eigenvalue weighted by atomic mass is 9.93. The smallest absolute Gasteiger partial charge is 0.414 e. The maximum absolute atomic E-state index is 12.4. The number of carbonyl (C=O) groups is 3. The lowest BCUT2D eigenvalue weighted by Gasteiger charge is -2.22. The Balaban J connectivity index is 1.99. The summed E-state index contributed by atoms with van der Waals surface area (Å²) in [5, 5.41) is 13.6. The Kier molecular flexibility index (Phi) is 3.48. The molecule has 1 atom stereocenters. The van der Waals surface area contributed by atoms with Crippen LogP contribution in [0, 0.1) is 5.92 Å². The summed E-state index contributed by atoms with van der Waals surface area (Å²) in [6.07, 6.45) is 3.08. The van der Waals surface area contributed by atoms with Crippen molar-refractivity contribution >= 4 is 18.3 Å². The molecular weight excluding hydrogens is 274 g/mol. The fourth-order valence-electron chi connectivity index (χ4n) is 3.25. The summed E-state index contributed by atoms with van der Waals surface area (Å²) >= 11 is 0. The van der Waals surface area contributed by atoms with Crippen LogP contribution in [0.25, 0.3) is 0 Å². The minimum atomic E-state index is -1.22. The van der Waals surface area contributed by atoms with Gasteiger partial charge in [0.1, 0.15) is 6.29 Å². The molecule has 1 N–H and O–H groups in total. The number of carboxylic acid groups (broad SMARTS) is 1. The van der Waals surface area contributed by atoms with Crippen LogP contribution in [0.1, 0.15) is 41.0 Å². The highest BCUT2D eigenvalue weighted by molar-refractivity contribution is 6.05. The van der Waals surface area contributed by atoms with E-state index < -0.39 is 12.0 Å². The van der Waals surface area contributed by atoms with Gasteiger partial charge in [-0.15, -0.1) is 0 Å². The molecule has 0 saturated carbocycles. The van der Waals surface area contributed by atoms with Crippen molar-refractivity contribution in [2.24, 2.45) is 5.92 Å².